The molecule has 2 aromatic rings. The summed E-state index contributed by atoms with van der Waals surface area (Å²) in [6.45, 7) is 3.24. The maximum absolute atomic E-state index is 5.84. The molecular weight excluding hydrogens is 274 g/mol. The van der Waals surface area contributed by atoms with Crippen LogP contribution in [0.15, 0.2) is 54.6 Å². The van der Waals surface area contributed by atoms with Gasteiger partial charge in [-0.15, -0.1) is 0 Å². The van der Waals surface area contributed by atoms with E-state index < -0.39 is 0 Å². The second-order valence-electron chi connectivity index (χ2n) is 5.68. The van der Waals surface area contributed by atoms with Crippen molar-refractivity contribution in [3.63, 3.8) is 0 Å². The lowest BCUT2D eigenvalue weighted by Gasteiger charge is -2.12. The first-order valence-corrected chi connectivity index (χ1v) is 7.98. The smallest absolute Gasteiger partial charge is 0.119 e. The molecule has 3 nitrogen and oxygen atoms in total. The lowest BCUT2D eigenvalue weighted by atomic mass is 10.2. The molecule has 116 valence electrons. The van der Waals surface area contributed by atoms with E-state index in [2.05, 4.69) is 41.7 Å². The zero-order valence-corrected chi connectivity index (χ0v) is 12.8. The average Bonchev–Trinajstić information content (AvgIpc) is 3.08. The first-order valence-electron chi connectivity index (χ1n) is 7.98. The van der Waals surface area contributed by atoms with Gasteiger partial charge < -0.3 is 14.8 Å². The number of ether oxygens (including phenoxy) is 2. The Morgan fingerprint density at radius 1 is 1.00 bits per heavy atom. The van der Waals surface area contributed by atoms with Gasteiger partial charge in [0.25, 0.3) is 0 Å². The van der Waals surface area contributed by atoms with E-state index in [1.807, 2.05) is 18.2 Å². The Hall–Kier alpha value is -1.84. The summed E-state index contributed by atoms with van der Waals surface area (Å²) in [5, 5.41) is 3.46. The second-order valence-corrected chi connectivity index (χ2v) is 5.68. The monoisotopic (exact) mass is 297 g/mol. The van der Waals surface area contributed by atoms with Crippen molar-refractivity contribution in [2.45, 2.75) is 32.0 Å². The molecule has 0 radical (unpaired) electrons. The Kier molecular flexibility index (Phi) is 5.46. The lowest BCUT2D eigenvalue weighted by molar-refractivity contribution is 0.0679. The van der Waals surface area contributed by atoms with Crippen molar-refractivity contribution in [3.8, 4) is 5.75 Å². The fourth-order valence-electron chi connectivity index (χ4n) is 2.66. The summed E-state index contributed by atoms with van der Waals surface area (Å²) in [5.74, 6) is 0.925. The molecule has 1 aliphatic rings. The number of rotatable bonds is 7. The Bertz CT molecular complexity index is 565. The van der Waals surface area contributed by atoms with Gasteiger partial charge in [0, 0.05) is 19.7 Å². The maximum Gasteiger partial charge on any atom is 0.119 e. The number of hydrogen-bond donors (Lipinski definition) is 1. The highest BCUT2D eigenvalue weighted by molar-refractivity contribution is 5.28. The molecule has 2 aromatic carbocycles. The van der Waals surface area contributed by atoms with Crippen LogP contribution in [0.4, 0.5) is 0 Å². The fraction of sp³-hybridized carbons (Fsp3) is 0.368. The van der Waals surface area contributed by atoms with Crippen LogP contribution in [0.2, 0.25) is 0 Å². The molecule has 0 amide bonds. The molecule has 0 aliphatic carbocycles. The molecule has 1 atom stereocenters. The third-order valence-corrected chi connectivity index (χ3v) is 3.86. The first-order chi connectivity index (χ1) is 10.9. The van der Waals surface area contributed by atoms with Gasteiger partial charge >= 0.3 is 0 Å². The summed E-state index contributed by atoms with van der Waals surface area (Å²) in [6, 6.07) is 18.7. The van der Waals surface area contributed by atoms with Crippen LogP contribution in [0.5, 0.6) is 5.75 Å². The minimum Gasteiger partial charge on any atom is -0.491 e. The van der Waals surface area contributed by atoms with Gasteiger partial charge in [-0.1, -0.05) is 42.5 Å². The molecule has 1 aliphatic heterocycles. The van der Waals surface area contributed by atoms with Crippen LogP contribution in [0.25, 0.3) is 0 Å². The minimum absolute atomic E-state index is 0.264. The molecular formula is C19H23NO2. The molecule has 1 saturated heterocycles. The third kappa shape index (κ3) is 4.58. The maximum atomic E-state index is 5.84. The highest BCUT2D eigenvalue weighted by Crippen LogP contribution is 2.17. The molecule has 1 N–H and O–H groups in total. The van der Waals surface area contributed by atoms with Crippen LogP contribution < -0.4 is 10.1 Å². The van der Waals surface area contributed by atoms with E-state index in [1.54, 1.807) is 0 Å². The molecule has 0 saturated carbocycles. The molecule has 1 fully saturated rings. The van der Waals surface area contributed by atoms with E-state index in [0.29, 0.717) is 6.61 Å². The lowest BCUT2D eigenvalue weighted by Crippen LogP contribution is -2.16. The van der Waals surface area contributed by atoms with Gasteiger partial charge in [-0.05, 0) is 36.1 Å². The van der Waals surface area contributed by atoms with Gasteiger partial charge in [0.1, 0.15) is 12.4 Å². The number of benzene rings is 2. The van der Waals surface area contributed by atoms with Crippen LogP contribution in [0, 0.1) is 0 Å². The van der Waals surface area contributed by atoms with Crippen LogP contribution in [-0.4, -0.2) is 19.3 Å². The van der Waals surface area contributed by atoms with Crippen molar-refractivity contribution in [1.82, 2.24) is 5.32 Å². The average molecular weight is 297 g/mol. The van der Waals surface area contributed by atoms with E-state index in [0.717, 1.165) is 38.3 Å². The van der Waals surface area contributed by atoms with Gasteiger partial charge in [-0.3, -0.25) is 0 Å². The predicted octanol–water partition coefficient (Wildman–Crippen LogP) is 3.53. The Morgan fingerprint density at radius 3 is 2.64 bits per heavy atom. The van der Waals surface area contributed by atoms with Crippen molar-refractivity contribution >= 4 is 0 Å². The van der Waals surface area contributed by atoms with Crippen molar-refractivity contribution in [2.75, 3.05) is 13.2 Å². The highest BCUT2D eigenvalue weighted by atomic mass is 16.5. The molecule has 0 spiro atoms. The van der Waals surface area contributed by atoms with Gasteiger partial charge in [0.2, 0.25) is 0 Å². The molecule has 0 bridgehead atoms. The number of hydrogen-bond acceptors (Lipinski definition) is 3. The SMILES string of the molecule is c1ccc(CNCc2cccc(OCC3CCCO3)c2)cc1. The van der Waals surface area contributed by atoms with Crippen LogP contribution in [-0.2, 0) is 17.8 Å². The van der Waals surface area contributed by atoms with E-state index in [-0.39, 0.29) is 6.10 Å². The van der Waals surface area contributed by atoms with Crippen LogP contribution in [0.3, 0.4) is 0 Å². The molecule has 3 rings (SSSR count). The zero-order valence-electron chi connectivity index (χ0n) is 12.8. The topological polar surface area (TPSA) is 30.5 Å². The Morgan fingerprint density at radius 2 is 1.82 bits per heavy atom. The zero-order chi connectivity index (χ0) is 15.0. The quantitative estimate of drug-likeness (QED) is 0.848. The van der Waals surface area contributed by atoms with E-state index in [9.17, 15) is 0 Å². The van der Waals surface area contributed by atoms with Crippen LogP contribution >= 0.6 is 0 Å². The van der Waals surface area contributed by atoms with Crippen LogP contribution in [0.1, 0.15) is 24.0 Å². The van der Waals surface area contributed by atoms with E-state index in [1.165, 1.54) is 11.1 Å². The second kappa shape index (κ2) is 7.97. The normalized spacial score (nSPS) is 17.5. The van der Waals surface area contributed by atoms with Gasteiger partial charge in [-0.25, -0.2) is 0 Å². The summed E-state index contributed by atoms with van der Waals surface area (Å²) >= 11 is 0. The van der Waals surface area contributed by atoms with Crippen molar-refractivity contribution < 1.29 is 9.47 Å². The number of nitrogens with one attached hydrogen (secondary N) is 1. The molecule has 0 aromatic heterocycles. The molecule has 22 heavy (non-hydrogen) atoms. The summed E-state index contributed by atoms with van der Waals surface area (Å²) in [4.78, 5) is 0. The Labute approximate surface area is 132 Å². The summed E-state index contributed by atoms with van der Waals surface area (Å²) in [5.41, 5.74) is 2.54. The van der Waals surface area contributed by atoms with E-state index in [4.69, 9.17) is 9.47 Å². The highest BCUT2D eigenvalue weighted by Gasteiger charge is 2.15. The summed E-state index contributed by atoms with van der Waals surface area (Å²) in [7, 11) is 0. The molecule has 1 heterocycles. The predicted molar refractivity (Wildman–Crippen MR) is 87.9 cm³/mol. The molecule has 1 unspecified atom stereocenters. The molecule has 3 heteroatoms. The Balaban J connectivity index is 1.46. The van der Waals surface area contributed by atoms with Gasteiger partial charge in [-0.2, -0.15) is 0 Å². The third-order valence-electron chi connectivity index (χ3n) is 3.86. The van der Waals surface area contributed by atoms with E-state index >= 15 is 0 Å². The van der Waals surface area contributed by atoms with Crippen molar-refractivity contribution in [2.24, 2.45) is 0 Å². The fourth-order valence-corrected chi connectivity index (χ4v) is 2.66. The standard InChI is InChI=1S/C19H23NO2/c1-2-6-16(7-3-1)13-20-14-17-8-4-9-18(12-17)22-15-19-10-5-11-21-19/h1-4,6-9,12,19-20H,5,10-11,13-15H2. The largest absolute Gasteiger partial charge is 0.491 e. The minimum atomic E-state index is 0.264. The van der Waals surface area contributed by atoms with Gasteiger partial charge in [0.05, 0.1) is 6.10 Å². The summed E-state index contributed by atoms with van der Waals surface area (Å²) < 4.78 is 11.4. The van der Waals surface area contributed by atoms with Crippen molar-refractivity contribution in [1.29, 1.82) is 0 Å². The van der Waals surface area contributed by atoms with Crippen molar-refractivity contribution in [3.05, 3.63) is 65.7 Å². The van der Waals surface area contributed by atoms with Gasteiger partial charge in [0.15, 0.2) is 0 Å². The summed E-state index contributed by atoms with van der Waals surface area (Å²) in [6.07, 6.45) is 2.52. The first kappa shape index (κ1) is 15.1.